The molecule has 0 spiro atoms. The van der Waals surface area contributed by atoms with Crippen molar-refractivity contribution in [2.75, 3.05) is 0 Å². The van der Waals surface area contributed by atoms with Crippen LogP contribution in [0.5, 0.6) is 0 Å². The second-order valence-electron chi connectivity index (χ2n) is 9.60. The number of aliphatic hydroxyl groups is 2. The molecule has 0 unspecified atom stereocenters. The molecule has 0 bridgehead atoms. The molecule has 3 fully saturated rings. The Labute approximate surface area is 141 Å². The van der Waals surface area contributed by atoms with E-state index in [2.05, 4.69) is 41.2 Å². The van der Waals surface area contributed by atoms with E-state index in [0.29, 0.717) is 6.42 Å². The van der Waals surface area contributed by atoms with Crippen molar-refractivity contribution >= 4 is 0 Å². The molecule has 6 atom stereocenters. The van der Waals surface area contributed by atoms with Gasteiger partial charge in [-0.05, 0) is 63.7 Å². The quantitative estimate of drug-likeness (QED) is 0.721. The molecule has 3 aliphatic rings. The zero-order valence-electron chi connectivity index (χ0n) is 15.5. The molecule has 1 aliphatic heterocycles. The van der Waals surface area contributed by atoms with Gasteiger partial charge in [-0.2, -0.15) is 0 Å². The summed E-state index contributed by atoms with van der Waals surface area (Å²) < 4.78 is 6.55. The van der Waals surface area contributed by atoms with Crippen molar-refractivity contribution in [1.29, 1.82) is 0 Å². The summed E-state index contributed by atoms with van der Waals surface area (Å²) in [6.45, 7) is 14.7. The summed E-state index contributed by atoms with van der Waals surface area (Å²) in [6.07, 6.45) is 6.46. The second kappa shape index (κ2) is 4.83. The van der Waals surface area contributed by atoms with Crippen molar-refractivity contribution in [1.82, 2.24) is 0 Å². The molecular formula is C20H34O3. The number of hydrogen-bond acceptors (Lipinski definition) is 3. The Balaban J connectivity index is 2.07. The maximum Gasteiger partial charge on any atom is 0.0839 e. The highest BCUT2D eigenvalue weighted by molar-refractivity contribution is 5.21. The molecule has 2 aliphatic carbocycles. The van der Waals surface area contributed by atoms with Gasteiger partial charge in [0, 0.05) is 5.41 Å². The van der Waals surface area contributed by atoms with E-state index in [0.717, 1.165) is 32.1 Å². The molecule has 0 aromatic carbocycles. The van der Waals surface area contributed by atoms with Gasteiger partial charge in [-0.15, -0.1) is 6.58 Å². The number of hydrogen-bond donors (Lipinski definition) is 2. The van der Waals surface area contributed by atoms with E-state index in [1.165, 1.54) is 0 Å². The maximum absolute atomic E-state index is 11.8. The highest BCUT2D eigenvalue weighted by atomic mass is 16.5. The summed E-state index contributed by atoms with van der Waals surface area (Å²) >= 11 is 0. The third-order valence-corrected chi connectivity index (χ3v) is 8.02. The van der Waals surface area contributed by atoms with Gasteiger partial charge in [0.15, 0.2) is 0 Å². The molecule has 2 N–H and O–H groups in total. The van der Waals surface area contributed by atoms with Crippen molar-refractivity contribution in [3.8, 4) is 0 Å². The number of aliphatic hydroxyl groups excluding tert-OH is 1. The van der Waals surface area contributed by atoms with Crippen LogP contribution in [0, 0.1) is 16.7 Å². The van der Waals surface area contributed by atoms with Crippen LogP contribution in [0.25, 0.3) is 0 Å². The third-order valence-electron chi connectivity index (χ3n) is 8.02. The van der Waals surface area contributed by atoms with Crippen LogP contribution in [0.15, 0.2) is 12.7 Å². The monoisotopic (exact) mass is 322 g/mol. The maximum atomic E-state index is 11.8. The molecule has 132 valence electrons. The number of ether oxygens (including phenoxy) is 1. The van der Waals surface area contributed by atoms with Gasteiger partial charge in [0.25, 0.3) is 0 Å². The molecule has 3 heteroatoms. The molecule has 0 aromatic heterocycles. The van der Waals surface area contributed by atoms with Crippen LogP contribution in [0.4, 0.5) is 0 Å². The van der Waals surface area contributed by atoms with Gasteiger partial charge in [-0.3, -0.25) is 0 Å². The Morgan fingerprint density at radius 1 is 1.00 bits per heavy atom. The van der Waals surface area contributed by atoms with E-state index < -0.39 is 17.1 Å². The van der Waals surface area contributed by atoms with Crippen molar-refractivity contribution in [3.63, 3.8) is 0 Å². The Hall–Kier alpha value is -0.380. The van der Waals surface area contributed by atoms with Gasteiger partial charge in [0.05, 0.1) is 22.9 Å². The standard InChI is InChI=1S/C20H34O3/c1-7-17(4)11-8-14-18(5,23-17)12-13-20(22)16(2,3)10-9-15(21)19(14,20)6/h7,14-15,21-22H,1,8-13H2,2-6H3/t14-,15-,17-,18+,19-,20+/m0/s1. The highest BCUT2D eigenvalue weighted by Gasteiger charge is 2.71. The minimum atomic E-state index is -0.840. The average molecular weight is 322 g/mol. The predicted octanol–water partition coefficient (Wildman–Crippen LogP) is 3.83. The van der Waals surface area contributed by atoms with E-state index in [-0.39, 0.29) is 22.5 Å². The fraction of sp³-hybridized carbons (Fsp3) is 0.900. The van der Waals surface area contributed by atoms with Gasteiger partial charge in [0.2, 0.25) is 0 Å². The fourth-order valence-corrected chi connectivity index (χ4v) is 6.26. The third kappa shape index (κ3) is 2.06. The molecule has 2 saturated carbocycles. The van der Waals surface area contributed by atoms with E-state index in [9.17, 15) is 10.2 Å². The Morgan fingerprint density at radius 2 is 1.65 bits per heavy atom. The van der Waals surface area contributed by atoms with Gasteiger partial charge >= 0.3 is 0 Å². The molecular weight excluding hydrogens is 288 g/mol. The summed E-state index contributed by atoms with van der Waals surface area (Å²) in [7, 11) is 0. The van der Waals surface area contributed by atoms with Crippen LogP contribution in [0.1, 0.15) is 73.1 Å². The average Bonchev–Trinajstić information content (AvgIpc) is 2.47. The first-order valence-electron chi connectivity index (χ1n) is 9.18. The van der Waals surface area contributed by atoms with E-state index in [4.69, 9.17) is 4.74 Å². The molecule has 1 saturated heterocycles. The van der Waals surface area contributed by atoms with E-state index in [1.54, 1.807) is 0 Å². The molecule has 0 amide bonds. The SMILES string of the molecule is C=C[C@@]1(C)CC[C@@H]2[C@@]3(C)[C@@H](O)CCC(C)(C)[C@]3(O)CC[C@@]2(C)O1. The smallest absolute Gasteiger partial charge is 0.0839 e. The Kier molecular flexibility index (Phi) is 3.66. The topological polar surface area (TPSA) is 49.7 Å². The minimum absolute atomic E-state index is 0.163. The lowest BCUT2D eigenvalue weighted by Crippen LogP contribution is -2.74. The van der Waals surface area contributed by atoms with Crippen molar-refractivity contribution < 1.29 is 14.9 Å². The number of rotatable bonds is 1. The normalized spacial score (nSPS) is 55.6. The summed E-state index contributed by atoms with van der Waals surface area (Å²) in [6, 6.07) is 0. The number of fused-ring (bicyclic) bond motifs is 3. The van der Waals surface area contributed by atoms with Crippen molar-refractivity contribution in [2.24, 2.45) is 16.7 Å². The van der Waals surface area contributed by atoms with Gasteiger partial charge < -0.3 is 14.9 Å². The lowest BCUT2D eigenvalue weighted by molar-refractivity contribution is -0.327. The zero-order valence-corrected chi connectivity index (χ0v) is 15.5. The van der Waals surface area contributed by atoms with Gasteiger partial charge in [0.1, 0.15) is 0 Å². The van der Waals surface area contributed by atoms with Crippen LogP contribution in [-0.2, 0) is 4.74 Å². The molecule has 3 rings (SSSR count). The fourth-order valence-electron chi connectivity index (χ4n) is 6.26. The summed E-state index contributed by atoms with van der Waals surface area (Å²) in [4.78, 5) is 0. The van der Waals surface area contributed by atoms with Crippen LogP contribution >= 0.6 is 0 Å². The largest absolute Gasteiger partial charge is 0.392 e. The second-order valence-corrected chi connectivity index (χ2v) is 9.60. The molecule has 0 aromatic rings. The summed E-state index contributed by atoms with van der Waals surface area (Å²) in [5.41, 5.74) is -2.15. The van der Waals surface area contributed by atoms with Crippen molar-refractivity contribution in [2.45, 2.75) is 96.1 Å². The first kappa shape index (κ1) is 17.4. The first-order valence-corrected chi connectivity index (χ1v) is 9.18. The van der Waals surface area contributed by atoms with E-state index in [1.807, 2.05) is 6.08 Å². The molecule has 1 heterocycles. The molecule has 0 radical (unpaired) electrons. The predicted molar refractivity (Wildman–Crippen MR) is 92.1 cm³/mol. The minimum Gasteiger partial charge on any atom is -0.392 e. The van der Waals surface area contributed by atoms with Gasteiger partial charge in [-0.1, -0.05) is 26.8 Å². The van der Waals surface area contributed by atoms with Crippen molar-refractivity contribution in [3.05, 3.63) is 12.7 Å². The lowest BCUT2D eigenvalue weighted by atomic mass is 9.41. The Morgan fingerprint density at radius 3 is 2.26 bits per heavy atom. The van der Waals surface area contributed by atoms with Gasteiger partial charge in [-0.25, -0.2) is 0 Å². The van der Waals surface area contributed by atoms with Crippen LogP contribution in [0.3, 0.4) is 0 Å². The van der Waals surface area contributed by atoms with E-state index >= 15 is 0 Å². The summed E-state index contributed by atoms with van der Waals surface area (Å²) in [5.74, 6) is 0.163. The van der Waals surface area contributed by atoms with Crippen LogP contribution in [-0.4, -0.2) is 33.1 Å². The molecule has 3 nitrogen and oxygen atoms in total. The lowest BCUT2D eigenvalue weighted by Gasteiger charge is -2.69. The highest BCUT2D eigenvalue weighted by Crippen LogP contribution is 2.67. The first-order chi connectivity index (χ1) is 10.4. The zero-order chi connectivity index (χ0) is 17.3. The molecule has 23 heavy (non-hydrogen) atoms. The van der Waals surface area contributed by atoms with Crippen LogP contribution < -0.4 is 0 Å². The Bertz CT molecular complexity index is 515. The summed E-state index contributed by atoms with van der Waals surface area (Å²) in [5, 5.41) is 22.7. The van der Waals surface area contributed by atoms with Crippen LogP contribution in [0.2, 0.25) is 0 Å².